The molecule has 0 aliphatic carbocycles. The zero-order valence-electron chi connectivity index (χ0n) is 6.14. The van der Waals surface area contributed by atoms with Crippen LogP contribution in [0.3, 0.4) is 0 Å². The predicted molar refractivity (Wildman–Crippen MR) is 48.8 cm³/mol. The van der Waals surface area contributed by atoms with Gasteiger partial charge in [-0.15, -0.1) is 0 Å². The normalized spacial score (nSPS) is 10.8. The SMILES string of the molecule is C/C=C/c1ccc(F)c(Br)c1. The molecule has 1 aromatic rings. The Hall–Kier alpha value is -0.630. The topological polar surface area (TPSA) is 0 Å². The van der Waals surface area contributed by atoms with Gasteiger partial charge in [-0.1, -0.05) is 18.2 Å². The highest BCUT2D eigenvalue weighted by atomic mass is 79.9. The molecule has 0 radical (unpaired) electrons. The van der Waals surface area contributed by atoms with Crippen LogP contribution in [0.5, 0.6) is 0 Å². The average Bonchev–Trinajstić information content (AvgIpc) is 1.98. The summed E-state index contributed by atoms with van der Waals surface area (Å²) in [7, 11) is 0. The van der Waals surface area contributed by atoms with Gasteiger partial charge in [0.1, 0.15) is 5.82 Å². The van der Waals surface area contributed by atoms with E-state index in [1.807, 2.05) is 19.1 Å². The number of benzene rings is 1. The summed E-state index contributed by atoms with van der Waals surface area (Å²) in [6.07, 6.45) is 3.84. The minimum absolute atomic E-state index is 0.224. The van der Waals surface area contributed by atoms with Gasteiger partial charge in [-0.25, -0.2) is 4.39 Å². The van der Waals surface area contributed by atoms with Crippen molar-refractivity contribution < 1.29 is 4.39 Å². The van der Waals surface area contributed by atoms with Crippen molar-refractivity contribution in [2.45, 2.75) is 6.92 Å². The van der Waals surface area contributed by atoms with Gasteiger partial charge in [0.25, 0.3) is 0 Å². The summed E-state index contributed by atoms with van der Waals surface area (Å²) in [5.41, 5.74) is 1.00. The van der Waals surface area contributed by atoms with Crippen molar-refractivity contribution in [2.75, 3.05) is 0 Å². The minimum atomic E-state index is -0.224. The average molecular weight is 215 g/mol. The van der Waals surface area contributed by atoms with Gasteiger partial charge in [-0.3, -0.25) is 0 Å². The molecule has 0 aliphatic rings. The van der Waals surface area contributed by atoms with Crippen LogP contribution in [0.4, 0.5) is 4.39 Å². The Labute approximate surface area is 73.9 Å². The lowest BCUT2D eigenvalue weighted by Crippen LogP contribution is -1.77. The number of allylic oxidation sites excluding steroid dienone is 1. The van der Waals surface area contributed by atoms with Crippen molar-refractivity contribution in [1.29, 1.82) is 0 Å². The lowest BCUT2D eigenvalue weighted by Gasteiger charge is -1.95. The molecule has 0 N–H and O–H groups in total. The fraction of sp³-hybridized carbons (Fsp3) is 0.111. The Morgan fingerprint density at radius 3 is 2.73 bits per heavy atom. The third-order valence-corrected chi connectivity index (χ3v) is 1.91. The molecule has 0 bridgehead atoms. The Balaban J connectivity index is 3.05. The van der Waals surface area contributed by atoms with Crippen LogP contribution in [-0.2, 0) is 0 Å². The van der Waals surface area contributed by atoms with Crippen LogP contribution in [0.25, 0.3) is 6.08 Å². The monoisotopic (exact) mass is 214 g/mol. The van der Waals surface area contributed by atoms with Gasteiger partial charge in [0.05, 0.1) is 4.47 Å². The molecule has 0 saturated carbocycles. The molecule has 0 nitrogen and oxygen atoms in total. The van der Waals surface area contributed by atoms with E-state index in [2.05, 4.69) is 15.9 Å². The Morgan fingerprint density at radius 2 is 2.18 bits per heavy atom. The first-order chi connectivity index (χ1) is 5.24. The molecule has 1 rings (SSSR count). The molecule has 0 heterocycles. The standard InChI is InChI=1S/C9H8BrF/c1-2-3-7-4-5-9(11)8(10)6-7/h2-6H,1H3/b3-2+. The third-order valence-electron chi connectivity index (χ3n) is 1.30. The predicted octanol–water partition coefficient (Wildman–Crippen LogP) is 3.62. The maximum atomic E-state index is 12.7. The highest BCUT2D eigenvalue weighted by Gasteiger charge is 1.96. The fourth-order valence-electron chi connectivity index (χ4n) is 0.809. The molecule has 0 fully saturated rings. The van der Waals surface area contributed by atoms with Gasteiger partial charge >= 0.3 is 0 Å². The van der Waals surface area contributed by atoms with Crippen LogP contribution >= 0.6 is 15.9 Å². The van der Waals surface area contributed by atoms with E-state index in [1.165, 1.54) is 6.07 Å². The molecule has 58 valence electrons. The second-order valence-corrected chi connectivity index (χ2v) is 3.03. The van der Waals surface area contributed by atoms with Gasteiger partial charge in [-0.2, -0.15) is 0 Å². The molecule has 11 heavy (non-hydrogen) atoms. The Bertz CT molecular complexity index is 279. The largest absolute Gasteiger partial charge is 0.206 e. The van der Waals surface area contributed by atoms with Crippen LogP contribution in [0.15, 0.2) is 28.7 Å². The van der Waals surface area contributed by atoms with E-state index < -0.39 is 0 Å². The molecule has 0 saturated heterocycles. The first-order valence-corrected chi connectivity index (χ1v) is 4.11. The van der Waals surface area contributed by atoms with E-state index in [-0.39, 0.29) is 5.82 Å². The fourth-order valence-corrected chi connectivity index (χ4v) is 1.20. The quantitative estimate of drug-likeness (QED) is 0.671. The van der Waals surface area contributed by atoms with Crippen LogP contribution in [0, 0.1) is 5.82 Å². The third kappa shape index (κ3) is 2.15. The summed E-state index contributed by atoms with van der Waals surface area (Å²) in [6.45, 7) is 1.93. The van der Waals surface area contributed by atoms with Crippen LogP contribution in [-0.4, -0.2) is 0 Å². The number of halogens is 2. The second-order valence-electron chi connectivity index (χ2n) is 2.17. The lowest BCUT2D eigenvalue weighted by molar-refractivity contribution is 0.621. The van der Waals surface area contributed by atoms with Crippen LogP contribution < -0.4 is 0 Å². The summed E-state index contributed by atoms with van der Waals surface area (Å²) >= 11 is 3.11. The van der Waals surface area contributed by atoms with Crippen molar-refractivity contribution in [3.8, 4) is 0 Å². The van der Waals surface area contributed by atoms with Crippen molar-refractivity contribution in [1.82, 2.24) is 0 Å². The highest BCUT2D eigenvalue weighted by molar-refractivity contribution is 9.10. The first kappa shape index (κ1) is 8.47. The molecule has 0 aromatic heterocycles. The van der Waals surface area contributed by atoms with E-state index >= 15 is 0 Å². The van der Waals surface area contributed by atoms with Crippen LogP contribution in [0.1, 0.15) is 12.5 Å². The van der Waals surface area contributed by atoms with Gasteiger partial charge in [0.2, 0.25) is 0 Å². The van der Waals surface area contributed by atoms with E-state index in [4.69, 9.17) is 0 Å². The summed E-state index contributed by atoms with van der Waals surface area (Å²) in [6, 6.07) is 4.93. The van der Waals surface area contributed by atoms with E-state index in [0.717, 1.165) is 5.56 Å². The van der Waals surface area contributed by atoms with Crippen LogP contribution in [0.2, 0.25) is 0 Å². The molecule has 1 aromatic carbocycles. The lowest BCUT2D eigenvalue weighted by atomic mass is 10.2. The van der Waals surface area contributed by atoms with Crippen molar-refractivity contribution in [3.05, 3.63) is 40.1 Å². The molecule has 0 aliphatic heterocycles. The Kier molecular flexibility index (Phi) is 2.83. The molecular weight excluding hydrogens is 207 g/mol. The zero-order chi connectivity index (χ0) is 8.27. The van der Waals surface area contributed by atoms with Gasteiger partial charge in [0, 0.05) is 0 Å². The molecular formula is C9H8BrF. The van der Waals surface area contributed by atoms with Crippen molar-refractivity contribution in [2.24, 2.45) is 0 Å². The van der Waals surface area contributed by atoms with E-state index in [1.54, 1.807) is 12.1 Å². The van der Waals surface area contributed by atoms with Gasteiger partial charge in [0.15, 0.2) is 0 Å². The minimum Gasteiger partial charge on any atom is -0.206 e. The summed E-state index contributed by atoms with van der Waals surface area (Å²) in [5.74, 6) is -0.224. The smallest absolute Gasteiger partial charge is 0.137 e. The van der Waals surface area contributed by atoms with Gasteiger partial charge in [-0.05, 0) is 40.5 Å². The molecule has 0 amide bonds. The van der Waals surface area contributed by atoms with E-state index in [0.29, 0.717) is 4.47 Å². The number of hydrogen-bond donors (Lipinski definition) is 0. The summed E-state index contributed by atoms with van der Waals surface area (Å²) in [5, 5.41) is 0. The van der Waals surface area contributed by atoms with E-state index in [9.17, 15) is 4.39 Å². The molecule has 2 heteroatoms. The molecule has 0 spiro atoms. The highest BCUT2D eigenvalue weighted by Crippen LogP contribution is 2.17. The number of rotatable bonds is 1. The maximum absolute atomic E-state index is 12.7. The van der Waals surface area contributed by atoms with Gasteiger partial charge < -0.3 is 0 Å². The molecule has 0 atom stereocenters. The first-order valence-electron chi connectivity index (χ1n) is 3.32. The van der Waals surface area contributed by atoms with Crippen molar-refractivity contribution >= 4 is 22.0 Å². The van der Waals surface area contributed by atoms with Crippen molar-refractivity contribution in [3.63, 3.8) is 0 Å². The summed E-state index contributed by atoms with van der Waals surface area (Å²) < 4.78 is 13.2. The Morgan fingerprint density at radius 1 is 1.45 bits per heavy atom. The summed E-state index contributed by atoms with van der Waals surface area (Å²) in [4.78, 5) is 0. The maximum Gasteiger partial charge on any atom is 0.137 e. The number of hydrogen-bond acceptors (Lipinski definition) is 0. The molecule has 0 unspecified atom stereocenters. The zero-order valence-corrected chi connectivity index (χ0v) is 7.73. The second kappa shape index (κ2) is 3.67.